The Morgan fingerprint density at radius 2 is 2.15 bits per heavy atom. The average Bonchev–Trinajstić information content (AvgIpc) is 2.66. The number of nitrogens with zero attached hydrogens (tertiary/aromatic N) is 2. The first kappa shape index (κ1) is 22.4. The molecule has 3 aliphatic heterocycles. The maximum atomic E-state index is 11.2. The number of hydrogen-bond acceptors (Lipinski definition) is 4. The fourth-order valence-corrected chi connectivity index (χ4v) is 4.44. The van der Waals surface area contributed by atoms with Crippen LogP contribution in [0.3, 0.4) is 0 Å². The number of ether oxygens (including phenoxy) is 1. The molecule has 4 heterocycles. The Kier molecular flexibility index (Phi) is 8.20. The van der Waals surface area contributed by atoms with Gasteiger partial charge in [-0.2, -0.15) is 0 Å². The van der Waals surface area contributed by atoms with Crippen molar-refractivity contribution in [2.75, 3.05) is 20.2 Å². The number of methoxy groups -OCH3 is 1. The Balaban J connectivity index is 0.00000121. The number of aromatic nitrogens is 1. The van der Waals surface area contributed by atoms with E-state index < -0.39 is 6.10 Å². The molecule has 0 spiro atoms. The van der Waals surface area contributed by atoms with Crippen LogP contribution in [0.2, 0.25) is 0 Å². The van der Waals surface area contributed by atoms with Gasteiger partial charge in [0.05, 0.1) is 18.7 Å². The molecule has 0 aliphatic carbocycles. The summed E-state index contributed by atoms with van der Waals surface area (Å²) >= 11 is 0. The zero-order chi connectivity index (χ0) is 16.7. The molecule has 2 aromatic rings. The van der Waals surface area contributed by atoms with Crippen molar-refractivity contribution in [3.63, 3.8) is 0 Å². The average molecular weight is 372 g/mol. The molecule has 26 heavy (non-hydrogen) atoms. The number of pyridine rings is 1. The van der Waals surface area contributed by atoms with E-state index in [1.807, 2.05) is 24.3 Å². The van der Waals surface area contributed by atoms with Gasteiger partial charge in [-0.05, 0) is 61.1 Å². The third kappa shape index (κ3) is 4.08. The molecule has 0 radical (unpaired) electrons. The third-order valence-corrected chi connectivity index (χ3v) is 5.82. The third-order valence-electron chi connectivity index (χ3n) is 5.82. The van der Waals surface area contributed by atoms with Crippen LogP contribution < -0.4 is 4.74 Å². The van der Waals surface area contributed by atoms with E-state index in [-0.39, 0.29) is 65.2 Å². The van der Waals surface area contributed by atoms with Gasteiger partial charge in [0.15, 0.2) is 0 Å². The van der Waals surface area contributed by atoms with Gasteiger partial charge in [-0.15, -0.1) is 6.58 Å². The number of aliphatic hydroxyl groups is 1. The Bertz CT molecular complexity index is 771. The van der Waals surface area contributed by atoms with E-state index in [9.17, 15) is 5.11 Å². The van der Waals surface area contributed by atoms with Gasteiger partial charge >= 0.3 is 59.1 Å². The first-order valence-electron chi connectivity index (χ1n) is 8.68. The van der Waals surface area contributed by atoms with Crippen molar-refractivity contribution in [3.8, 4) is 5.75 Å². The van der Waals surface area contributed by atoms with Crippen LogP contribution in [-0.2, 0) is 0 Å². The second-order valence-electron chi connectivity index (χ2n) is 6.97. The topological polar surface area (TPSA) is 45.6 Å². The second-order valence-corrected chi connectivity index (χ2v) is 6.97. The zero-order valence-corrected chi connectivity index (χ0v) is 14.1. The SMILES string of the molecule is C=C[C@H]1C[N@]2CC[C@H]1C[C@H]2[C@H](O)c1ccnc2ccc(OC)cc12.[NaH].[NaH]. The van der Waals surface area contributed by atoms with Gasteiger partial charge in [0.2, 0.25) is 0 Å². The Morgan fingerprint density at radius 3 is 2.81 bits per heavy atom. The number of hydrogen-bond donors (Lipinski definition) is 1. The number of rotatable bonds is 4. The molecule has 6 heteroatoms. The van der Waals surface area contributed by atoms with Crippen LogP contribution in [0.4, 0.5) is 0 Å². The Morgan fingerprint density at radius 1 is 1.35 bits per heavy atom. The van der Waals surface area contributed by atoms with Crippen molar-refractivity contribution in [3.05, 3.63) is 48.7 Å². The maximum absolute atomic E-state index is 11.2. The van der Waals surface area contributed by atoms with E-state index >= 15 is 0 Å². The summed E-state index contributed by atoms with van der Waals surface area (Å²) in [5.74, 6) is 2.01. The summed E-state index contributed by atoms with van der Waals surface area (Å²) in [6.45, 7) is 6.07. The summed E-state index contributed by atoms with van der Waals surface area (Å²) in [5, 5.41) is 12.1. The molecular weight excluding hydrogens is 346 g/mol. The molecule has 1 aromatic carbocycles. The molecule has 3 fully saturated rings. The van der Waals surface area contributed by atoms with E-state index in [4.69, 9.17) is 4.74 Å². The van der Waals surface area contributed by atoms with Gasteiger partial charge < -0.3 is 9.84 Å². The van der Waals surface area contributed by atoms with Crippen molar-refractivity contribution in [1.29, 1.82) is 0 Å². The van der Waals surface area contributed by atoms with E-state index in [0.717, 1.165) is 41.7 Å². The number of benzene rings is 1. The first-order chi connectivity index (χ1) is 11.7. The first-order valence-corrected chi connectivity index (χ1v) is 8.68. The summed E-state index contributed by atoms with van der Waals surface area (Å²) in [6, 6.07) is 7.96. The molecule has 130 valence electrons. The molecule has 0 amide bonds. The summed E-state index contributed by atoms with van der Waals surface area (Å²) < 4.78 is 5.35. The van der Waals surface area contributed by atoms with E-state index in [1.54, 1.807) is 13.3 Å². The predicted molar refractivity (Wildman–Crippen MR) is 109 cm³/mol. The van der Waals surface area contributed by atoms with Gasteiger partial charge in [0, 0.05) is 24.2 Å². The summed E-state index contributed by atoms with van der Waals surface area (Å²) in [5.41, 5.74) is 1.85. The summed E-state index contributed by atoms with van der Waals surface area (Å²) in [4.78, 5) is 6.86. The Hall–Kier alpha value is 0.0900. The minimum absolute atomic E-state index is 0. The quantitative estimate of drug-likeness (QED) is 0.658. The molecule has 0 unspecified atom stereocenters. The Labute approximate surface area is 199 Å². The minimum atomic E-state index is -0.504. The van der Waals surface area contributed by atoms with E-state index in [2.05, 4.69) is 22.5 Å². The molecule has 3 saturated heterocycles. The fraction of sp³-hybridized carbons (Fsp3) is 0.450. The van der Waals surface area contributed by atoms with Gasteiger partial charge in [-0.25, -0.2) is 0 Å². The molecule has 1 N–H and O–H groups in total. The van der Waals surface area contributed by atoms with Gasteiger partial charge in [-0.3, -0.25) is 9.88 Å². The van der Waals surface area contributed by atoms with Crippen LogP contribution in [0, 0.1) is 11.8 Å². The molecular formula is C20H26N2Na2O2. The number of fused-ring (bicyclic) bond motifs is 4. The molecule has 3 aliphatic rings. The van der Waals surface area contributed by atoms with Crippen molar-refractivity contribution in [2.45, 2.75) is 25.0 Å². The van der Waals surface area contributed by atoms with Crippen LogP contribution in [0.25, 0.3) is 10.9 Å². The van der Waals surface area contributed by atoms with Crippen LogP contribution in [0.1, 0.15) is 24.5 Å². The van der Waals surface area contributed by atoms with Gasteiger partial charge in [-0.1, -0.05) is 6.08 Å². The molecule has 2 bridgehead atoms. The van der Waals surface area contributed by atoms with Gasteiger partial charge in [0.25, 0.3) is 0 Å². The summed E-state index contributed by atoms with van der Waals surface area (Å²) in [7, 11) is 1.66. The molecule has 5 atom stereocenters. The predicted octanol–water partition coefficient (Wildman–Crippen LogP) is 1.88. The molecule has 5 rings (SSSR count). The van der Waals surface area contributed by atoms with Crippen LogP contribution in [-0.4, -0.2) is 100 Å². The van der Waals surface area contributed by atoms with E-state index in [0.29, 0.717) is 11.8 Å². The fourth-order valence-electron chi connectivity index (χ4n) is 4.44. The number of piperidine rings is 3. The van der Waals surface area contributed by atoms with Crippen molar-refractivity contribution in [1.82, 2.24) is 9.88 Å². The van der Waals surface area contributed by atoms with Crippen molar-refractivity contribution < 1.29 is 9.84 Å². The normalized spacial score (nSPS) is 27.9. The van der Waals surface area contributed by atoms with E-state index in [1.165, 1.54) is 6.42 Å². The summed E-state index contributed by atoms with van der Waals surface area (Å²) in [6.07, 6.45) is 5.62. The van der Waals surface area contributed by atoms with Crippen molar-refractivity contribution >= 4 is 70.0 Å². The molecule has 1 aromatic heterocycles. The van der Waals surface area contributed by atoms with Crippen molar-refractivity contribution in [2.24, 2.45) is 11.8 Å². The van der Waals surface area contributed by atoms with Gasteiger partial charge in [0.1, 0.15) is 5.75 Å². The zero-order valence-electron chi connectivity index (χ0n) is 14.1. The molecule has 4 nitrogen and oxygen atoms in total. The van der Waals surface area contributed by atoms with Crippen LogP contribution >= 0.6 is 0 Å². The number of aliphatic hydroxyl groups excluding tert-OH is 1. The monoisotopic (exact) mass is 372 g/mol. The molecule has 0 saturated carbocycles. The van der Waals surface area contributed by atoms with Crippen LogP contribution in [0.15, 0.2) is 43.1 Å². The standard InChI is InChI=1S/C20H24N2O2.2Na.2H/c1-3-13-12-22-9-7-14(13)10-19(22)20(23)16-6-8-21-18-5-4-15(24-2)11-17(16)18;;;;/h3-6,8,11,13-14,19-20,23H,1,7,9-10,12H2,2H3;;;;/t13-,14-,19-,20+;;;;/m0..../s1. The second kappa shape index (κ2) is 9.53. The van der Waals surface area contributed by atoms with Crippen LogP contribution in [0.5, 0.6) is 5.75 Å².